The van der Waals surface area contributed by atoms with Gasteiger partial charge in [0.15, 0.2) is 10.0 Å². The van der Waals surface area contributed by atoms with Crippen LogP contribution in [0.4, 0.5) is 10.8 Å². The van der Waals surface area contributed by atoms with Crippen LogP contribution in [0.5, 0.6) is 5.75 Å². The van der Waals surface area contributed by atoms with E-state index in [0.29, 0.717) is 41.6 Å². The van der Waals surface area contributed by atoms with Gasteiger partial charge in [0.2, 0.25) is 11.8 Å². The molecule has 2 aromatic rings. The summed E-state index contributed by atoms with van der Waals surface area (Å²) in [6.07, 6.45) is 0.846. The van der Waals surface area contributed by atoms with Crippen LogP contribution < -0.4 is 9.64 Å². The topological polar surface area (TPSA) is 89.0 Å². The minimum Gasteiger partial charge on any atom is -0.495 e. The van der Waals surface area contributed by atoms with E-state index < -0.39 is 10.8 Å². The molecule has 1 aromatic carbocycles. The summed E-state index contributed by atoms with van der Waals surface area (Å²) in [6.45, 7) is 2.01. The van der Waals surface area contributed by atoms with Gasteiger partial charge >= 0.3 is 5.97 Å². The van der Waals surface area contributed by atoms with Crippen LogP contribution in [-0.4, -0.2) is 51.9 Å². The number of thioether (sulfide) groups is 1. The molecule has 0 N–H and O–H groups in total. The monoisotopic (exact) mass is 447 g/mol. The van der Waals surface area contributed by atoms with Crippen LogP contribution in [0.15, 0.2) is 29.6 Å². The number of hydrogen-bond donors (Lipinski definition) is 0. The Morgan fingerprint density at radius 3 is 2.90 bits per heavy atom. The van der Waals surface area contributed by atoms with Crippen molar-refractivity contribution in [2.75, 3.05) is 24.3 Å². The van der Waals surface area contributed by atoms with Gasteiger partial charge in [0.05, 0.1) is 18.5 Å². The zero-order valence-corrected chi connectivity index (χ0v) is 18.3. The average Bonchev–Trinajstić information content (AvgIpc) is 3.44. The van der Waals surface area contributed by atoms with Gasteiger partial charge in [-0.15, -0.1) is 23.1 Å². The van der Waals surface area contributed by atoms with Crippen molar-refractivity contribution < 1.29 is 23.9 Å². The van der Waals surface area contributed by atoms with Crippen molar-refractivity contribution in [1.82, 2.24) is 9.88 Å². The number of fused-ring (bicyclic) bond motifs is 1. The fourth-order valence-corrected chi connectivity index (χ4v) is 5.97. The second kappa shape index (κ2) is 8.27. The zero-order valence-electron chi connectivity index (χ0n) is 16.6. The molecule has 0 saturated carbocycles. The van der Waals surface area contributed by atoms with Gasteiger partial charge < -0.3 is 14.4 Å². The van der Waals surface area contributed by atoms with Crippen LogP contribution in [-0.2, 0) is 25.7 Å². The quantitative estimate of drug-likeness (QED) is 0.629. The summed E-state index contributed by atoms with van der Waals surface area (Å²) in [4.78, 5) is 43.8. The maximum Gasteiger partial charge on any atom is 0.343 e. The minimum absolute atomic E-state index is 0.00167. The van der Waals surface area contributed by atoms with Crippen molar-refractivity contribution in [3.05, 3.63) is 35.3 Å². The van der Waals surface area contributed by atoms with E-state index in [1.807, 2.05) is 12.1 Å². The molecule has 158 valence electrons. The lowest BCUT2D eigenvalue weighted by atomic mass is 10.2. The van der Waals surface area contributed by atoms with Crippen LogP contribution in [0.25, 0.3) is 0 Å². The molecule has 2 aliphatic rings. The average molecular weight is 448 g/mol. The Hall–Kier alpha value is -2.59. The highest BCUT2D eigenvalue weighted by atomic mass is 32.2. The molecule has 0 radical (unpaired) electrons. The molecular formula is C20H21N3O5S2. The Morgan fingerprint density at radius 1 is 1.33 bits per heavy atom. The molecule has 0 spiro atoms. The van der Waals surface area contributed by atoms with Crippen LogP contribution in [0.2, 0.25) is 0 Å². The van der Waals surface area contributed by atoms with E-state index in [2.05, 4.69) is 4.98 Å². The highest BCUT2D eigenvalue weighted by Crippen LogP contribution is 2.45. The molecule has 2 saturated heterocycles. The van der Waals surface area contributed by atoms with Gasteiger partial charge in [-0.3, -0.25) is 14.5 Å². The van der Waals surface area contributed by atoms with Crippen molar-refractivity contribution in [1.29, 1.82) is 0 Å². The number of ether oxygens (including phenoxy) is 2. The molecule has 0 unspecified atom stereocenters. The molecule has 2 aliphatic heterocycles. The number of benzene rings is 1. The van der Waals surface area contributed by atoms with E-state index >= 15 is 0 Å². The number of nitrogens with zero attached hydrogens (tertiary/aromatic N) is 3. The Bertz CT molecular complexity index is 994. The lowest BCUT2D eigenvalue weighted by molar-refractivity contribution is -0.154. The standard InChI is InChI=1S/C20H21N3O5S2/c1-13(24)23(15-5-3-4-6-16(15)27-2)19-21-14(12-29-19)11-28-18(26)20-8-7-17(25)22(20)9-10-30-20/h3-6,12H,7-11H2,1-2H3/t20-/m0/s1. The third kappa shape index (κ3) is 3.54. The molecular weight excluding hydrogens is 426 g/mol. The zero-order chi connectivity index (χ0) is 21.3. The molecule has 3 heterocycles. The maximum absolute atomic E-state index is 12.8. The lowest BCUT2D eigenvalue weighted by Crippen LogP contribution is -2.46. The molecule has 2 amide bonds. The Kier molecular flexibility index (Phi) is 5.70. The molecule has 1 atom stereocenters. The second-order valence-corrected chi connectivity index (χ2v) is 9.11. The van der Waals surface area contributed by atoms with Gasteiger partial charge in [-0.1, -0.05) is 12.1 Å². The summed E-state index contributed by atoms with van der Waals surface area (Å²) in [5.41, 5.74) is 1.13. The fourth-order valence-electron chi connectivity index (χ4n) is 3.72. The van der Waals surface area contributed by atoms with Crippen molar-refractivity contribution in [3.8, 4) is 5.75 Å². The number of hydrogen-bond acceptors (Lipinski definition) is 8. The number of esters is 1. The summed E-state index contributed by atoms with van der Waals surface area (Å²) in [7, 11) is 1.54. The van der Waals surface area contributed by atoms with E-state index in [0.717, 1.165) is 5.75 Å². The lowest BCUT2D eigenvalue weighted by Gasteiger charge is -2.28. The van der Waals surface area contributed by atoms with Gasteiger partial charge in [-0.25, -0.2) is 9.78 Å². The first-order valence-corrected chi connectivity index (χ1v) is 11.3. The second-order valence-electron chi connectivity index (χ2n) is 6.90. The van der Waals surface area contributed by atoms with E-state index in [1.165, 1.54) is 34.9 Å². The number of thiazole rings is 1. The normalized spacial score (nSPS) is 20.2. The molecule has 2 fully saturated rings. The van der Waals surface area contributed by atoms with Gasteiger partial charge in [-0.05, 0) is 18.6 Å². The van der Waals surface area contributed by atoms with Crippen molar-refractivity contribution in [2.24, 2.45) is 0 Å². The number of carbonyl (C=O) groups is 3. The summed E-state index contributed by atoms with van der Waals surface area (Å²) in [6, 6.07) is 7.19. The van der Waals surface area contributed by atoms with Crippen molar-refractivity contribution in [2.45, 2.75) is 31.2 Å². The first kappa shape index (κ1) is 20.7. The van der Waals surface area contributed by atoms with E-state index in [1.54, 1.807) is 29.5 Å². The smallest absolute Gasteiger partial charge is 0.343 e. The number of methoxy groups -OCH3 is 1. The van der Waals surface area contributed by atoms with E-state index in [-0.39, 0.29) is 18.4 Å². The van der Waals surface area contributed by atoms with Crippen molar-refractivity contribution >= 4 is 51.7 Å². The molecule has 0 aliphatic carbocycles. The number of aromatic nitrogens is 1. The molecule has 0 bridgehead atoms. The third-order valence-corrected chi connectivity index (χ3v) is 7.44. The number of amides is 2. The fraction of sp³-hybridized carbons (Fsp3) is 0.400. The Balaban J connectivity index is 1.49. The first-order chi connectivity index (χ1) is 14.5. The summed E-state index contributed by atoms with van der Waals surface area (Å²) in [5.74, 6) is 0.673. The minimum atomic E-state index is -0.890. The summed E-state index contributed by atoms with van der Waals surface area (Å²) >= 11 is 2.75. The predicted molar refractivity (Wildman–Crippen MR) is 114 cm³/mol. The first-order valence-electron chi connectivity index (χ1n) is 9.46. The number of para-hydroxylation sites is 2. The van der Waals surface area contributed by atoms with Crippen molar-refractivity contribution in [3.63, 3.8) is 0 Å². The van der Waals surface area contributed by atoms with Crippen LogP contribution in [0.1, 0.15) is 25.5 Å². The number of rotatable bonds is 6. The maximum atomic E-state index is 12.8. The summed E-state index contributed by atoms with van der Waals surface area (Å²) < 4.78 is 10.9. The van der Waals surface area contributed by atoms with Gasteiger partial charge in [0.25, 0.3) is 0 Å². The SMILES string of the molecule is COc1ccccc1N(C(C)=O)c1nc(COC(=O)[C@@]23CCC(=O)N2CCS3)cs1. The van der Waals surface area contributed by atoms with Gasteiger partial charge in [0.1, 0.15) is 12.4 Å². The number of carbonyl (C=O) groups excluding carboxylic acids is 3. The Morgan fingerprint density at radius 2 is 2.13 bits per heavy atom. The molecule has 8 nitrogen and oxygen atoms in total. The van der Waals surface area contributed by atoms with E-state index in [9.17, 15) is 14.4 Å². The molecule has 4 rings (SSSR count). The largest absolute Gasteiger partial charge is 0.495 e. The van der Waals surface area contributed by atoms with Gasteiger partial charge in [0, 0.05) is 31.0 Å². The van der Waals surface area contributed by atoms with Crippen LogP contribution in [0.3, 0.4) is 0 Å². The Labute approximate surface area is 182 Å². The highest BCUT2D eigenvalue weighted by Gasteiger charge is 2.55. The number of anilines is 2. The molecule has 1 aromatic heterocycles. The van der Waals surface area contributed by atoms with E-state index in [4.69, 9.17) is 9.47 Å². The van der Waals surface area contributed by atoms with Crippen LogP contribution >= 0.6 is 23.1 Å². The highest BCUT2D eigenvalue weighted by molar-refractivity contribution is 8.01. The predicted octanol–water partition coefficient (Wildman–Crippen LogP) is 2.95. The van der Waals surface area contributed by atoms with Crippen LogP contribution in [0, 0.1) is 0 Å². The third-order valence-electron chi connectivity index (χ3n) is 5.11. The van der Waals surface area contributed by atoms with Gasteiger partial charge in [-0.2, -0.15) is 0 Å². The summed E-state index contributed by atoms with van der Waals surface area (Å²) in [5, 5.41) is 2.22. The molecule has 10 heteroatoms. The molecule has 30 heavy (non-hydrogen) atoms.